The average Bonchev–Trinajstić information content (AvgIpc) is 2.30. The molecule has 1 nitrogen and oxygen atoms in total. The average molecular weight is 260 g/mol. The van der Waals surface area contributed by atoms with Crippen LogP contribution >= 0.6 is 15.9 Å². The SMILES string of the molecule is BrCCC#Cc1cccc2ncccc12. The van der Waals surface area contributed by atoms with Crippen molar-refractivity contribution in [3.8, 4) is 11.8 Å². The molecule has 0 bridgehead atoms. The van der Waals surface area contributed by atoms with Gasteiger partial charge < -0.3 is 0 Å². The quantitative estimate of drug-likeness (QED) is 0.566. The van der Waals surface area contributed by atoms with Crippen LogP contribution < -0.4 is 0 Å². The second-order valence-corrected chi connectivity index (χ2v) is 3.91. The Morgan fingerprint density at radius 1 is 1.20 bits per heavy atom. The summed E-state index contributed by atoms with van der Waals surface area (Å²) >= 11 is 3.36. The van der Waals surface area contributed by atoms with Gasteiger partial charge in [0.05, 0.1) is 5.52 Å². The maximum absolute atomic E-state index is 4.29. The third-order valence-corrected chi connectivity index (χ3v) is 2.48. The number of hydrogen-bond donors (Lipinski definition) is 0. The lowest BCUT2D eigenvalue weighted by molar-refractivity contribution is 1.32. The van der Waals surface area contributed by atoms with Crippen molar-refractivity contribution in [2.45, 2.75) is 6.42 Å². The minimum absolute atomic E-state index is 0.872. The molecule has 0 aliphatic rings. The van der Waals surface area contributed by atoms with Gasteiger partial charge in [-0.25, -0.2) is 0 Å². The van der Waals surface area contributed by atoms with Crippen molar-refractivity contribution >= 4 is 26.8 Å². The molecular formula is C13H10BrN. The molecule has 0 radical (unpaired) electrons. The van der Waals surface area contributed by atoms with Gasteiger partial charge in [0.2, 0.25) is 0 Å². The number of aromatic nitrogens is 1. The first-order valence-corrected chi connectivity index (χ1v) is 5.92. The van der Waals surface area contributed by atoms with Gasteiger partial charge in [0.1, 0.15) is 0 Å². The highest BCUT2D eigenvalue weighted by Gasteiger charge is 1.96. The van der Waals surface area contributed by atoms with Gasteiger partial charge in [0.25, 0.3) is 0 Å². The topological polar surface area (TPSA) is 12.9 Å². The molecule has 1 heterocycles. The van der Waals surface area contributed by atoms with E-state index in [-0.39, 0.29) is 0 Å². The van der Waals surface area contributed by atoms with E-state index in [4.69, 9.17) is 0 Å². The Bertz CT molecular complexity index is 517. The van der Waals surface area contributed by atoms with Gasteiger partial charge in [0.15, 0.2) is 0 Å². The van der Waals surface area contributed by atoms with Crippen LogP contribution in [-0.4, -0.2) is 10.3 Å². The van der Waals surface area contributed by atoms with Gasteiger partial charge in [-0.15, -0.1) is 0 Å². The highest BCUT2D eigenvalue weighted by Crippen LogP contribution is 2.14. The van der Waals surface area contributed by atoms with Crippen molar-refractivity contribution in [1.29, 1.82) is 0 Å². The van der Waals surface area contributed by atoms with Crippen LogP contribution in [0, 0.1) is 11.8 Å². The number of nitrogens with zero attached hydrogens (tertiary/aromatic N) is 1. The monoisotopic (exact) mass is 259 g/mol. The molecule has 2 heteroatoms. The predicted molar refractivity (Wildman–Crippen MR) is 67.0 cm³/mol. The molecule has 0 unspecified atom stereocenters. The van der Waals surface area contributed by atoms with E-state index in [1.165, 1.54) is 0 Å². The lowest BCUT2D eigenvalue weighted by Gasteiger charge is -1.98. The van der Waals surface area contributed by atoms with E-state index in [1.54, 1.807) is 6.20 Å². The fraction of sp³-hybridized carbons (Fsp3) is 0.154. The normalized spacial score (nSPS) is 9.67. The van der Waals surface area contributed by atoms with E-state index in [1.807, 2.05) is 24.3 Å². The fourth-order valence-corrected chi connectivity index (χ4v) is 1.62. The Morgan fingerprint density at radius 2 is 2.13 bits per heavy atom. The number of alkyl halides is 1. The van der Waals surface area contributed by atoms with Gasteiger partial charge in [0, 0.05) is 28.9 Å². The largest absolute Gasteiger partial charge is 0.256 e. The van der Waals surface area contributed by atoms with E-state index in [0.29, 0.717) is 0 Å². The highest BCUT2D eigenvalue weighted by molar-refractivity contribution is 9.09. The van der Waals surface area contributed by atoms with Crippen molar-refractivity contribution in [2.24, 2.45) is 0 Å². The van der Waals surface area contributed by atoms with E-state index < -0.39 is 0 Å². The zero-order valence-electron chi connectivity index (χ0n) is 8.20. The second kappa shape index (κ2) is 4.95. The summed E-state index contributed by atoms with van der Waals surface area (Å²) in [5.74, 6) is 6.29. The van der Waals surface area contributed by atoms with E-state index >= 15 is 0 Å². The summed E-state index contributed by atoms with van der Waals surface area (Å²) in [5.41, 5.74) is 2.06. The van der Waals surface area contributed by atoms with E-state index in [0.717, 1.165) is 28.2 Å². The van der Waals surface area contributed by atoms with Crippen LogP contribution in [0.3, 0.4) is 0 Å². The molecule has 0 amide bonds. The third kappa shape index (κ3) is 2.37. The first-order valence-electron chi connectivity index (χ1n) is 4.80. The summed E-state index contributed by atoms with van der Waals surface area (Å²) in [5, 5.41) is 2.05. The Labute approximate surface area is 97.7 Å². The van der Waals surface area contributed by atoms with E-state index in [9.17, 15) is 0 Å². The lowest BCUT2D eigenvalue weighted by atomic mass is 10.1. The van der Waals surface area contributed by atoms with Crippen molar-refractivity contribution in [3.63, 3.8) is 0 Å². The molecular weight excluding hydrogens is 250 g/mol. The summed E-state index contributed by atoms with van der Waals surface area (Å²) in [6, 6.07) is 10.0. The van der Waals surface area contributed by atoms with Gasteiger partial charge in [-0.2, -0.15) is 0 Å². The number of hydrogen-bond acceptors (Lipinski definition) is 1. The number of pyridine rings is 1. The highest BCUT2D eigenvalue weighted by atomic mass is 79.9. The third-order valence-electron chi connectivity index (χ3n) is 2.09. The molecule has 0 aliphatic heterocycles. The van der Waals surface area contributed by atoms with Crippen molar-refractivity contribution in [3.05, 3.63) is 42.1 Å². The fourth-order valence-electron chi connectivity index (χ4n) is 1.42. The molecule has 0 fully saturated rings. The Hall–Kier alpha value is -1.33. The minimum Gasteiger partial charge on any atom is -0.256 e. The first kappa shape index (κ1) is 10.2. The van der Waals surface area contributed by atoms with Gasteiger partial charge >= 0.3 is 0 Å². The standard InChI is InChI=1S/C13H10BrN/c14-9-2-1-5-11-6-3-8-13-12(11)7-4-10-15-13/h3-4,6-8,10H,2,9H2. The molecule has 0 saturated carbocycles. The van der Waals surface area contributed by atoms with Crippen LogP contribution in [-0.2, 0) is 0 Å². The number of fused-ring (bicyclic) bond motifs is 1. The van der Waals surface area contributed by atoms with Crippen molar-refractivity contribution in [1.82, 2.24) is 4.98 Å². The Morgan fingerprint density at radius 3 is 3.00 bits per heavy atom. The Kier molecular flexibility index (Phi) is 3.37. The molecule has 0 saturated heterocycles. The number of rotatable bonds is 1. The van der Waals surface area contributed by atoms with Crippen LogP contribution in [0.1, 0.15) is 12.0 Å². The van der Waals surface area contributed by atoms with E-state index in [2.05, 4.69) is 38.8 Å². The second-order valence-electron chi connectivity index (χ2n) is 3.12. The summed E-state index contributed by atoms with van der Waals surface area (Å²) in [6.45, 7) is 0. The molecule has 15 heavy (non-hydrogen) atoms. The molecule has 0 aliphatic carbocycles. The maximum atomic E-state index is 4.29. The lowest BCUT2D eigenvalue weighted by Crippen LogP contribution is -1.82. The van der Waals surface area contributed by atoms with Crippen molar-refractivity contribution in [2.75, 3.05) is 5.33 Å². The van der Waals surface area contributed by atoms with Gasteiger partial charge in [-0.1, -0.05) is 39.9 Å². The molecule has 0 spiro atoms. The molecule has 1 aromatic heterocycles. The van der Waals surface area contributed by atoms with Crippen LogP contribution in [0.15, 0.2) is 36.5 Å². The molecule has 74 valence electrons. The summed E-state index contributed by atoms with van der Waals surface area (Å²) in [7, 11) is 0. The number of halogens is 1. The summed E-state index contributed by atoms with van der Waals surface area (Å²) in [6.07, 6.45) is 2.68. The summed E-state index contributed by atoms with van der Waals surface area (Å²) < 4.78 is 0. The number of benzene rings is 1. The zero-order valence-corrected chi connectivity index (χ0v) is 9.79. The van der Waals surface area contributed by atoms with Crippen molar-refractivity contribution < 1.29 is 0 Å². The van der Waals surface area contributed by atoms with Crippen LogP contribution in [0.4, 0.5) is 0 Å². The maximum Gasteiger partial charge on any atom is 0.0714 e. The first-order chi connectivity index (χ1) is 7.42. The van der Waals surface area contributed by atoms with Gasteiger partial charge in [-0.3, -0.25) is 4.98 Å². The smallest absolute Gasteiger partial charge is 0.0714 e. The van der Waals surface area contributed by atoms with Crippen LogP contribution in [0.2, 0.25) is 0 Å². The Balaban J connectivity index is 2.48. The molecule has 1 aromatic carbocycles. The zero-order chi connectivity index (χ0) is 10.5. The molecule has 0 N–H and O–H groups in total. The predicted octanol–water partition coefficient (Wildman–Crippen LogP) is 3.37. The molecule has 2 rings (SSSR count). The van der Waals surface area contributed by atoms with Crippen LogP contribution in [0.5, 0.6) is 0 Å². The minimum atomic E-state index is 0.872. The molecule has 0 atom stereocenters. The molecule has 2 aromatic rings. The van der Waals surface area contributed by atoms with Crippen LogP contribution in [0.25, 0.3) is 10.9 Å². The summed E-state index contributed by atoms with van der Waals surface area (Å²) in [4.78, 5) is 4.29. The van der Waals surface area contributed by atoms with Gasteiger partial charge in [-0.05, 0) is 18.2 Å².